The molecule has 0 amide bonds. The van der Waals surface area contributed by atoms with Crippen LogP contribution in [0.5, 0.6) is 5.75 Å². The van der Waals surface area contributed by atoms with Gasteiger partial charge in [-0.2, -0.15) is 0 Å². The molecule has 15 heavy (non-hydrogen) atoms. The third kappa shape index (κ3) is 1.82. The second kappa shape index (κ2) is 4.16. The summed E-state index contributed by atoms with van der Waals surface area (Å²) in [7, 11) is 1.58. The first-order valence-electron chi connectivity index (χ1n) is 4.44. The number of aryl methyl sites for hydroxylation is 1. The molecule has 2 heterocycles. The van der Waals surface area contributed by atoms with E-state index < -0.39 is 0 Å². The third-order valence-corrected chi connectivity index (χ3v) is 4.03. The molecular weight excluding hydrogens is 228 g/mol. The average molecular weight is 238 g/mol. The van der Waals surface area contributed by atoms with Gasteiger partial charge in [0.05, 0.1) is 12.0 Å². The van der Waals surface area contributed by atoms with Crippen LogP contribution in [0.2, 0.25) is 0 Å². The fraction of sp³-hybridized carbons (Fsp3) is 0.182. The summed E-state index contributed by atoms with van der Waals surface area (Å²) in [6.45, 7) is 1.95. The quantitative estimate of drug-likeness (QED) is 0.766. The van der Waals surface area contributed by atoms with E-state index in [1.54, 1.807) is 7.11 Å². The van der Waals surface area contributed by atoms with E-state index in [0.29, 0.717) is 10.6 Å². The summed E-state index contributed by atoms with van der Waals surface area (Å²) in [5.41, 5.74) is 1.03. The lowest BCUT2D eigenvalue weighted by molar-refractivity contribution is 0.104. The molecule has 0 aliphatic carbocycles. The van der Waals surface area contributed by atoms with Crippen molar-refractivity contribution in [2.45, 2.75) is 6.92 Å². The Morgan fingerprint density at radius 2 is 1.87 bits per heavy atom. The highest BCUT2D eigenvalue weighted by molar-refractivity contribution is 7.16. The molecule has 0 aliphatic heterocycles. The van der Waals surface area contributed by atoms with Crippen molar-refractivity contribution >= 4 is 28.5 Å². The molecule has 0 fully saturated rings. The van der Waals surface area contributed by atoms with Crippen LogP contribution in [0, 0.1) is 6.92 Å². The summed E-state index contributed by atoms with van der Waals surface area (Å²) in [5.74, 6) is 0.729. The topological polar surface area (TPSA) is 26.3 Å². The number of methoxy groups -OCH3 is 1. The summed E-state index contributed by atoms with van der Waals surface area (Å²) in [5, 5.41) is 3.80. The van der Waals surface area contributed by atoms with Crippen molar-refractivity contribution in [3.05, 3.63) is 38.2 Å². The van der Waals surface area contributed by atoms with Gasteiger partial charge >= 0.3 is 0 Å². The highest BCUT2D eigenvalue weighted by Gasteiger charge is 2.18. The zero-order valence-corrected chi connectivity index (χ0v) is 10.1. The van der Waals surface area contributed by atoms with E-state index >= 15 is 0 Å². The first kappa shape index (κ1) is 10.4. The molecule has 0 saturated carbocycles. The Hall–Kier alpha value is -1.13. The Morgan fingerprint density at radius 1 is 1.20 bits per heavy atom. The third-order valence-electron chi connectivity index (χ3n) is 2.12. The van der Waals surface area contributed by atoms with Crippen LogP contribution in [0.4, 0.5) is 0 Å². The molecule has 0 aromatic carbocycles. The molecular formula is C11H10O2S2. The van der Waals surface area contributed by atoms with Gasteiger partial charge in [0.25, 0.3) is 0 Å². The van der Waals surface area contributed by atoms with E-state index in [1.807, 2.05) is 29.8 Å². The molecule has 0 bridgehead atoms. The summed E-state index contributed by atoms with van der Waals surface area (Å²) in [6.07, 6.45) is 0. The zero-order chi connectivity index (χ0) is 10.8. The lowest BCUT2D eigenvalue weighted by Crippen LogP contribution is -1.99. The predicted molar refractivity (Wildman–Crippen MR) is 63.4 cm³/mol. The maximum Gasteiger partial charge on any atom is 0.216 e. The van der Waals surface area contributed by atoms with Gasteiger partial charge in [-0.25, -0.2) is 0 Å². The number of hydrogen-bond acceptors (Lipinski definition) is 4. The maximum atomic E-state index is 12.1. The average Bonchev–Trinajstić information content (AvgIpc) is 2.84. The Kier molecular flexibility index (Phi) is 2.88. The molecule has 2 aromatic rings. The van der Waals surface area contributed by atoms with Crippen molar-refractivity contribution in [2.24, 2.45) is 0 Å². The molecule has 0 aliphatic rings. The van der Waals surface area contributed by atoms with Crippen LogP contribution < -0.4 is 4.74 Å². The smallest absolute Gasteiger partial charge is 0.216 e. The summed E-state index contributed by atoms with van der Waals surface area (Å²) < 4.78 is 5.14. The lowest BCUT2D eigenvalue weighted by Gasteiger charge is -2.00. The van der Waals surface area contributed by atoms with Crippen molar-refractivity contribution in [2.75, 3.05) is 7.11 Å². The van der Waals surface area contributed by atoms with Gasteiger partial charge in [-0.05, 0) is 35.4 Å². The first-order chi connectivity index (χ1) is 7.24. The van der Waals surface area contributed by atoms with E-state index in [1.165, 1.54) is 22.7 Å². The molecule has 4 heteroatoms. The number of ether oxygens (including phenoxy) is 1. The van der Waals surface area contributed by atoms with Crippen molar-refractivity contribution in [3.8, 4) is 5.75 Å². The monoisotopic (exact) mass is 238 g/mol. The van der Waals surface area contributed by atoms with Crippen LogP contribution >= 0.6 is 22.7 Å². The van der Waals surface area contributed by atoms with Crippen LogP contribution in [-0.2, 0) is 0 Å². The van der Waals surface area contributed by atoms with Crippen LogP contribution in [0.1, 0.15) is 20.1 Å². The summed E-state index contributed by atoms with van der Waals surface area (Å²) in [6, 6.07) is 3.78. The van der Waals surface area contributed by atoms with Crippen LogP contribution in [0.3, 0.4) is 0 Å². The molecule has 0 N–H and O–H groups in total. The lowest BCUT2D eigenvalue weighted by atomic mass is 10.2. The van der Waals surface area contributed by atoms with Gasteiger partial charge in [-0.15, -0.1) is 22.7 Å². The molecule has 2 aromatic heterocycles. The van der Waals surface area contributed by atoms with E-state index in [0.717, 1.165) is 10.4 Å². The van der Waals surface area contributed by atoms with Crippen LogP contribution in [-0.4, -0.2) is 12.9 Å². The SMILES string of the molecule is COc1ccsc1C(=O)c1sccc1C. The fourth-order valence-electron chi connectivity index (χ4n) is 1.33. The number of carbonyl (C=O) groups excluding carboxylic acids is 1. The van der Waals surface area contributed by atoms with Gasteiger partial charge in [0, 0.05) is 0 Å². The maximum absolute atomic E-state index is 12.1. The number of rotatable bonds is 3. The summed E-state index contributed by atoms with van der Waals surface area (Å²) >= 11 is 2.90. The normalized spacial score (nSPS) is 10.3. The molecule has 78 valence electrons. The molecule has 2 rings (SSSR count). The minimum absolute atomic E-state index is 0.0642. The van der Waals surface area contributed by atoms with E-state index in [9.17, 15) is 4.79 Å². The second-order valence-electron chi connectivity index (χ2n) is 3.08. The standard InChI is InChI=1S/C11H10O2S2/c1-7-3-5-14-10(7)9(12)11-8(13-2)4-6-15-11/h3-6H,1-2H3. The second-order valence-corrected chi connectivity index (χ2v) is 4.91. The number of thiophene rings is 2. The fourth-order valence-corrected chi connectivity index (χ4v) is 3.07. The highest BCUT2D eigenvalue weighted by Crippen LogP contribution is 2.29. The van der Waals surface area contributed by atoms with Crippen molar-refractivity contribution < 1.29 is 9.53 Å². The van der Waals surface area contributed by atoms with Crippen molar-refractivity contribution in [1.29, 1.82) is 0 Å². The van der Waals surface area contributed by atoms with Gasteiger partial charge in [0.1, 0.15) is 10.6 Å². The van der Waals surface area contributed by atoms with Crippen molar-refractivity contribution in [3.63, 3.8) is 0 Å². The van der Waals surface area contributed by atoms with Gasteiger partial charge < -0.3 is 4.74 Å². The number of ketones is 1. The van der Waals surface area contributed by atoms with Crippen molar-refractivity contribution in [1.82, 2.24) is 0 Å². The molecule has 0 saturated heterocycles. The Balaban J connectivity index is 2.41. The molecule has 0 radical (unpaired) electrons. The van der Waals surface area contributed by atoms with E-state index in [4.69, 9.17) is 4.74 Å². The van der Waals surface area contributed by atoms with E-state index in [-0.39, 0.29) is 5.78 Å². The molecule has 0 atom stereocenters. The van der Waals surface area contributed by atoms with Gasteiger partial charge in [0.15, 0.2) is 0 Å². The first-order valence-corrected chi connectivity index (χ1v) is 6.20. The Morgan fingerprint density at radius 3 is 2.47 bits per heavy atom. The highest BCUT2D eigenvalue weighted by atomic mass is 32.1. The van der Waals surface area contributed by atoms with Gasteiger partial charge in [0.2, 0.25) is 5.78 Å². The van der Waals surface area contributed by atoms with Crippen LogP contribution in [0.15, 0.2) is 22.9 Å². The number of hydrogen-bond donors (Lipinski definition) is 0. The summed E-state index contributed by atoms with van der Waals surface area (Å²) in [4.78, 5) is 13.6. The number of carbonyl (C=O) groups is 1. The largest absolute Gasteiger partial charge is 0.495 e. The predicted octanol–water partition coefficient (Wildman–Crippen LogP) is 3.36. The Labute approximate surface area is 96.1 Å². The van der Waals surface area contributed by atoms with Gasteiger partial charge in [-0.3, -0.25) is 4.79 Å². The Bertz CT molecular complexity index is 482. The molecule has 2 nitrogen and oxygen atoms in total. The van der Waals surface area contributed by atoms with E-state index in [2.05, 4.69) is 0 Å². The molecule has 0 spiro atoms. The minimum atomic E-state index is 0.0642. The van der Waals surface area contributed by atoms with Gasteiger partial charge in [-0.1, -0.05) is 0 Å². The zero-order valence-electron chi connectivity index (χ0n) is 8.44. The molecule has 0 unspecified atom stereocenters. The minimum Gasteiger partial charge on any atom is -0.495 e. The van der Waals surface area contributed by atoms with Crippen LogP contribution in [0.25, 0.3) is 0 Å².